The standard InChI is InChI=1S/C17H17N3O/c21-17-7-3-15(4-8-17)12-19-11-14-1-5-16(6-2-14)20-10-9-18-13-20/h1-10,13,19,21H,11-12H2. The summed E-state index contributed by atoms with van der Waals surface area (Å²) in [7, 11) is 0. The largest absolute Gasteiger partial charge is 0.508 e. The van der Waals surface area contributed by atoms with Gasteiger partial charge in [-0.2, -0.15) is 0 Å². The lowest BCUT2D eigenvalue weighted by molar-refractivity contribution is 0.475. The average molecular weight is 279 g/mol. The maximum Gasteiger partial charge on any atom is 0.115 e. The molecule has 0 fully saturated rings. The number of nitrogens with zero attached hydrogens (tertiary/aromatic N) is 2. The monoisotopic (exact) mass is 279 g/mol. The van der Waals surface area contributed by atoms with Gasteiger partial charge in [0.05, 0.1) is 6.33 Å². The van der Waals surface area contributed by atoms with Gasteiger partial charge in [0, 0.05) is 31.2 Å². The maximum atomic E-state index is 9.24. The molecular weight excluding hydrogens is 262 g/mol. The summed E-state index contributed by atoms with van der Waals surface area (Å²) in [5, 5.41) is 12.6. The molecule has 0 saturated carbocycles. The summed E-state index contributed by atoms with van der Waals surface area (Å²) in [6.07, 6.45) is 5.49. The minimum atomic E-state index is 0.300. The minimum Gasteiger partial charge on any atom is -0.508 e. The van der Waals surface area contributed by atoms with E-state index in [9.17, 15) is 5.11 Å². The van der Waals surface area contributed by atoms with Crippen molar-refractivity contribution in [2.75, 3.05) is 0 Å². The molecule has 2 N–H and O–H groups in total. The molecule has 0 atom stereocenters. The highest BCUT2D eigenvalue weighted by Crippen LogP contribution is 2.11. The van der Waals surface area contributed by atoms with E-state index in [-0.39, 0.29) is 0 Å². The van der Waals surface area contributed by atoms with E-state index in [1.165, 1.54) is 5.56 Å². The summed E-state index contributed by atoms with van der Waals surface area (Å²) < 4.78 is 1.98. The third-order valence-electron chi connectivity index (χ3n) is 3.33. The number of rotatable bonds is 5. The number of imidazole rings is 1. The van der Waals surface area contributed by atoms with Crippen LogP contribution in [-0.2, 0) is 13.1 Å². The number of hydrogen-bond donors (Lipinski definition) is 2. The molecule has 4 nitrogen and oxygen atoms in total. The van der Waals surface area contributed by atoms with Crippen LogP contribution in [0.25, 0.3) is 5.69 Å². The van der Waals surface area contributed by atoms with E-state index in [1.807, 2.05) is 22.9 Å². The summed E-state index contributed by atoms with van der Waals surface area (Å²) in [6.45, 7) is 1.59. The summed E-state index contributed by atoms with van der Waals surface area (Å²) in [4.78, 5) is 4.04. The lowest BCUT2D eigenvalue weighted by atomic mass is 10.2. The van der Waals surface area contributed by atoms with Crippen LogP contribution >= 0.6 is 0 Å². The highest BCUT2D eigenvalue weighted by atomic mass is 16.3. The van der Waals surface area contributed by atoms with Gasteiger partial charge in [-0.05, 0) is 35.4 Å². The fourth-order valence-electron chi connectivity index (χ4n) is 2.16. The first-order valence-corrected chi connectivity index (χ1v) is 6.87. The number of benzene rings is 2. The first-order chi connectivity index (χ1) is 10.3. The number of aromatic nitrogens is 2. The normalized spacial score (nSPS) is 10.7. The molecule has 0 unspecified atom stereocenters. The quantitative estimate of drug-likeness (QED) is 0.755. The van der Waals surface area contributed by atoms with E-state index >= 15 is 0 Å². The molecule has 0 spiro atoms. The predicted molar refractivity (Wildman–Crippen MR) is 82.2 cm³/mol. The molecule has 106 valence electrons. The molecule has 0 saturated heterocycles. The second-order valence-corrected chi connectivity index (χ2v) is 4.91. The number of hydrogen-bond acceptors (Lipinski definition) is 3. The average Bonchev–Trinajstić information content (AvgIpc) is 3.04. The highest BCUT2D eigenvalue weighted by molar-refractivity contribution is 5.34. The number of aromatic hydroxyl groups is 1. The molecule has 1 heterocycles. The van der Waals surface area contributed by atoms with E-state index < -0.39 is 0 Å². The van der Waals surface area contributed by atoms with Crippen LogP contribution in [0, 0.1) is 0 Å². The fourth-order valence-corrected chi connectivity index (χ4v) is 2.16. The molecule has 0 bridgehead atoms. The summed E-state index contributed by atoms with van der Waals surface area (Å²) in [6, 6.07) is 15.6. The van der Waals surface area contributed by atoms with Crippen molar-refractivity contribution in [1.82, 2.24) is 14.9 Å². The summed E-state index contributed by atoms with van der Waals surface area (Å²) in [5.41, 5.74) is 3.50. The lowest BCUT2D eigenvalue weighted by Crippen LogP contribution is -2.12. The molecule has 0 aliphatic heterocycles. The Morgan fingerprint density at radius 3 is 2.10 bits per heavy atom. The van der Waals surface area contributed by atoms with Crippen molar-refractivity contribution in [2.45, 2.75) is 13.1 Å². The molecule has 3 rings (SSSR count). The smallest absolute Gasteiger partial charge is 0.115 e. The zero-order valence-corrected chi connectivity index (χ0v) is 11.6. The maximum absolute atomic E-state index is 9.24. The van der Waals surface area contributed by atoms with Crippen molar-refractivity contribution < 1.29 is 5.11 Å². The van der Waals surface area contributed by atoms with Crippen LogP contribution in [0.15, 0.2) is 67.3 Å². The van der Waals surface area contributed by atoms with Gasteiger partial charge in [-0.25, -0.2) is 4.98 Å². The molecule has 1 aromatic heterocycles. The third-order valence-corrected chi connectivity index (χ3v) is 3.33. The van der Waals surface area contributed by atoms with Crippen LogP contribution < -0.4 is 5.32 Å². The van der Waals surface area contributed by atoms with Crippen LogP contribution in [-0.4, -0.2) is 14.7 Å². The fraction of sp³-hybridized carbons (Fsp3) is 0.118. The van der Waals surface area contributed by atoms with Crippen LogP contribution in [0.4, 0.5) is 0 Å². The van der Waals surface area contributed by atoms with Crippen LogP contribution in [0.2, 0.25) is 0 Å². The molecule has 2 aromatic carbocycles. The molecular formula is C17H17N3O. The molecule has 0 aliphatic rings. The van der Waals surface area contributed by atoms with Crippen molar-refractivity contribution in [3.05, 3.63) is 78.4 Å². The van der Waals surface area contributed by atoms with Crippen molar-refractivity contribution >= 4 is 0 Å². The zero-order valence-electron chi connectivity index (χ0n) is 11.6. The minimum absolute atomic E-state index is 0.300. The Kier molecular flexibility index (Phi) is 3.98. The second-order valence-electron chi connectivity index (χ2n) is 4.91. The molecule has 0 radical (unpaired) electrons. The molecule has 0 aliphatic carbocycles. The second kappa shape index (κ2) is 6.24. The highest BCUT2D eigenvalue weighted by Gasteiger charge is 1.97. The topological polar surface area (TPSA) is 50.1 Å². The predicted octanol–water partition coefficient (Wildman–Crippen LogP) is 2.87. The van der Waals surface area contributed by atoms with Gasteiger partial charge in [0.25, 0.3) is 0 Å². The SMILES string of the molecule is Oc1ccc(CNCc2ccc(-n3ccnc3)cc2)cc1. The van der Waals surface area contributed by atoms with E-state index in [0.717, 1.165) is 24.3 Å². The third kappa shape index (κ3) is 3.49. The van der Waals surface area contributed by atoms with Crippen molar-refractivity contribution in [2.24, 2.45) is 0 Å². The number of phenols is 1. The van der Waals surface area contributed by atoms with Gasteiger partial charge in [-0.1, -0.05) is 24.3 Å². The summed E-state index contributed by atoms with van der Waals surface area (Å²) in [5.74, 6) is 0.300. The molecule has 21 heavy (non-hydrogen) atoms. The van der Waals surface area contributed by atoms with Gasteiger partial charge in [0.2, 0.25) is 0 Å². The molecule has 4 heteroatoms. The van der Waals surface area contributed by atoms with Crippen molar-refractivity contribution in [1.29, 1.82) is 0 Å². The first kappa shape index (κ1) is 13.4. The molecule has 3 aromatic rings. The Balaban J connectivity index is 1.55. The van der Waals surface area contributed by atoms with Gasteiger partial charge >= 0.3 is 0 Å². The van der Waals surface area contributed by atoms with Gasteiger partial charge in [0.15, 0.2) is 0 Å². The number of phenolic OH excluding ortho intramolecular Hbond substituents is 1. The van der Waals surface area contributed by atoms with Crippen LogP contribution in [0.5, 0.6) is 5.75 Å². The Morgan fingerprint density at radius 1 is 0.905 bits per heavy atom. The Morgan fingerprint density at radius 2 is 1.52 bits per heavy atom. The van der Waals surface area contributed by atoms with Crippen LogP contribution in [0.3, 0.4) is 0 Å². The summed E-state index contributed by atoms with van der Waals surface area (Å²) >= 11 is 0. The van der Waals surface area contributed by atoms with E-state index in [0.29, 0.717) is 5.75 Å². The van der Waals surface area contributed by atoms with Crippen molar-refractivity contribution in [3.8, 4) is 11.4 Å². The van der Waals surface area contributed by atoms with E-state index in [4.69, 9.17) is 0 Å². The van der Waals surface area contributed by atoms with E-state index in [2.05, 4.69) is 34.6 Å². The lowest BCUT2D eigenvalue weighted by Gasteiger charge is -2.07. The van der Waals surface area contributed by atoms with Crippen molar-refractivity contribution in [3.63, 3.8) is 0 Å². The van der Waals surface area contributed by atoms with Gasteiger partial charge in [-0.3, -0.25) is 0 Å². The van der Waals surface area contributed by atoms with Crippen LogP contribution in [0.1, 0.15) is 11.1 Å². The van der Waals surface area contributed by atoms with Gasteiger partial charge in [-0.15, -0.1) is 0 Å². The van der Waals surface area contributed by atoms with Gasteiger partial charge in [0.1, 0.15) is 5.75 Å². The Labute approximate surface area is 123 Å². The number of nitrogens with one attached hydrogen (secondary N) is 1. The Bertz CT molecular complexity index is 673. The van der Waals surface area contributed by atoms with Gasteiger partial charge < -0.3 is 15.0 Å². The first-order valence-electron chi connectivity index (χ1n) is 6.87. The zero-order chi connectivity index (χ0) is 14.5. The Hall–Kier alpha value is -2.59. The van der Waals surface area contributed by atoms with E-state index in [1.54, 1.807) is 24.7 Å². The molecule has 0 amide bonds.